The Balaban J connectivity index is 1.82. The van der Waals surface area contributed by atoms with Gasteiger partial charge in [0.15, 0.2) is 16.4 Å². The van der Waals surface area contributed by atoms with Gasteiger partial charge >= 0.3 is 6.18 Å². The molecular formula is C21H21F3N2O3S2. The number of rotatable bonds is 3. The Kier molecular flexibility index (Phi) is 4.82. The van der Waals surface area contributed by atoms with Crippen molar-refractivity contribution in [2.45, 2.75) is 37.2 Å². The second-order valence-corrected chi connectivity index (χ2v) is 12.0. The van der Waals surface area contributed by atoms with Gasteiger partial charge in [0.25, 0.3) is 0 Å². The third kappa shape index (κ3) is 3.76. The molecule has 1 aliphatic rings. The first kappa shape index (κ1) is 21.9. The minimum absolute atomic E-state index is 0.0550. The summed E-state index contributed by atoms with van der Waals surface area (Å²) in [5.74, 6) is -0.0222. The number of hydrogen-bond donors (Lipinski definition) is 1. The number of thiophene rings is 1. The van der Waals surface area contributed by atoms with Crippen LogP contribution in [0.15, 0.2) is 41.4 Å². The van der Waals surface area contributed by atoms with Crippen LogP contribution in [-0.2, 0) is 15.4 Å². The Labute approximate surface area is 181 Å². The second kappa shape index (κ2) is 6.83. The maximum Gasteiger partial charge on any atom is 0.422 e. The quantitative estimate of drug-likeness (QED) is 0.598. The zero-order valence-corrected chi connectivity index (χ0v) is 18.7. The molecular weight excluding hydrogens is 449 g/mol. The van der Waals surface area contributed by atoms with E-state index in [0.717, 1.165) is 20.2 Å². The van der Waals surface area contributed by atoms with Crippen molar-refractivity contribution < 1.29 is 26.3 Å². The first-order chi connectivity index (χ1) is 14.2. The van der Waals surface area contributed by atoms with Gasteiger partial charge in [0.2, 0.25) is 0 Å². The fraction of sp³-hybridized carbons (Fsp3) is 0.381. The van der Waals surface area contributed by atoms with Crippen LogP contribution in [0.4, 0.5) is 13.2 Å². The van der Waals surface area contributed by atoms with E-state index >= 15 is 0 Å². The van der Waals surface area contributed by atoms with Crippen molar-refractivity contribution in [2.75, 3.05) is 12.4 Å². The van der Waals surface area contributed by atoms with Gasteiger partial charge in [-0.05, 0) is 56.7 Å². The summed E-state index contributed by atoms with van der Waals surface area (Å²) in [4.78, 5) is 4.55. The molecule has 0 bridgehead atoms. The molecule has 1 atom stereocenters. The van der Waals surface area contributed by atoms with E-state index in [4.69, 9.17) is 10.5 Å². The summed E-state index contributed by atoms with van der Waals surface area (Å²) in [6.07, 6.45) is -4.42. The zero-order chi connectivity index (χ0) is 22.8. The maximum absolute atomic E-state index is 12.9. The van der Waals surface area contributed by atoms with E-state index in [-0.39, 0.29) is 17.3 Å². The van der Waals surface area contributed by atoms with E-state index in [2.05, 4.69) is 4.99 Å². The molecule has 2 N–H and O–H groups in total. The standard InChI is InChI=1S/C21H21F3N2O3S2/c1-19(2)18(25)26-20(3,11-31(19,27)28)12-4-6-16-14(8-12)15-9-13(5-7-17(15)30-16)29-10-21(22,23)24/h4-9H,10-11H2,1-3H3,(H2,25,26)/t20-/m0/s1. The van der Waals surface area contributed by atoms with Gasteiger partial charge in [0.05, 0.1) is 11.3 Å². The lowest BCUT2D eigenvalue weighted by molar-refractivity contribution is -0.153. The number of aliphatic imine (C=N–C) groups is 1. The third-order valence-electron chi connectivity index (χ3n) is 5.70. The number of nitrogens with two attached hydrogens (primary N) is 1. The van der Waals surface area contributed by atoms with E-state index in [1.165, 1.54) is 17.4 Å². The Hall–Kier alpha value is -2.33. The maximum atomic E-state index is 12.9. The molecule has 0 fully saturated rings. The van der Waals surface area contributed by atoms with E-state index < -0.39 is 32.9 Å². The predicted octanol–water partition coefficient (Wildman–Crippen LogP) is 4.78. The highest BCUT2D eigenvalue weighted by molar-refractivity contribution is 7.93. The van der Waals surface area contributed by atoms with Crippen LogP contribution in [0.5, 0.6) is 5.75 Å². The van der Waals surface area contributed by atoms with Gasteiger partial charge in [0.1, 0.15) is 16.3 Å². The highest BCUT2D eigenvalue weighted by Crippen LogP contribution is 2.41. The summed E-state index contributed by atoms with van der Waals surface area (Å²) in [5, 5.41) is 1.54. The third-order valence-corrected chi connectivity index (χ3v) is 9.56. The molecule has 5 nitrogen and oxygen atoms in total. The van der Waals surface area contributed by atoms with E-state index in [0.29, 0.717) is 5.56 Å². The van der Waals surface area contributed by atoms with Crippen molar-refractivity contribution in [1.29, 1.82) is 0 Å². The summed E-state index contributed by atoms with van der Waals surface area (Å²) in [5.41, 5.74) is 5.64. The number of sulfone groups is 1. The monoisotopic (exact) mass is 470 g/mol. The molecule has 3 aromatic rings. The molecule has 0 aliphatic carbocycles. The van der Waals surface area contributed by atoms with Crippen LogP contribution in [0.25, 0.3) is 20.2 Å². The zero-order valence-electron chi connectivity index (χ0n) is 17.1. The van der Waals surface area contributed by atoms with Gasteiger partial charge in [-0.15, -0.1) is 11.3 Å². The Bertz CT molecular complexity index is 1330. The van der Waals surface area contributed by atoms with Gasteiger partial charge in [-0.1, -0.05) is 6.07 Å². The van der Waals surface area contributed by atoms with Crippen LogP contribution in [0.2, 0.25) is 0 Å². The molecule has 0 unspecified atom stereocenters. The minimum Gasteiger partial charge on any atom is -0.484 e. The molecule has 2 aromatic carbocycles. The summed E-state index contributed by atoms with van der Waals surface area (Å²) >= 11 is 1.49. The van der Waals surface area contributed by atoms with Crippen molar-refractivity contribution in [2.24, 2.45) is 10.7 Å². The molecule has 0 saturated heterocycles. The van der Waals surface area contributed by atoms with Crippen LogP contribution in [0.1, 0.15) is 26.3 Å². The summed E-state index contributed by atoms with van der Waals surface area (Å²) in [6, 6.07) is 10.3. The molecule has 2 heterocycles. The SMILES string of the molecule is CC1(C)C(N)=N[C@](C)(c2ccc3sc4ccc(OCC(F)(F)F)cc4c3c2)CS1(=O)=O. The van der Waals surface area contributed by atoms with Gasteiger partial charge < -0.3 is 10.5 Å². The number of amidine groups is 1. The lowest BCUT2D eigenvalue weighted by Gasteiger charge is -2.37. The topological polar surface area (TPSA) is 81.8 Å². The van der Waals surface area contributed by atoms with E-state index in [9.17, 15) is 21.6 Å². The van der Waals surface area contributed by atoms with E-state index in [1.807, 2.05) is 18.2 Å². The highest BCUT2D eigenvalue weighted by Gasteiger charge is 2.48. The van der Waals surface area contributed by atoms with Crippen LogP contribution >= 0.6 is 11.3 Å². The largest absolute Gasteiger partial charge is 0.484 e. The molecule has 10 heteroatoms. The van der Waals surface area contributed by atoms with Gasteiger partial charge in [-0.2, -0.15) is 13.2 Å². The number of alkyl halides is 3. The van der Waals surface area contributed by atoms with Gasteiger partial charge in [0, 0.05) is 20.2 Å². The number of ether oxygens (including phenoxy) is 1. The van der Waals surface area contributed by atoms with Crippen LogP contribution < -0.4 is 10.5 Å². The summed E-state index contributed by atoms with van der Waals surface area (Å²) in [7, 11) is -3.56. The molecule has 4 rings (SSSR count). The molecule has 1 aromatic heterocycles. The Morgan fingerprint density at radius 1 is 1.10 bits per heavy atom. The van der Waals surface area contributed by atoms with Crippen molar-refractivity contribution in [1.82, 2.24) is 0 Å². The Morgan fingerprint density at radius 2 is 1.71 bits per heavy atom. The van der Waals surface area contributed by atoms with Crippen molar-refractivity contribution in [3.05, 3.63) is 42.0 Å². The Morgan fingerprint density at radius 3 is 2.32 bits per heavy atom. The minimum atomic E-state index is -4.42. The molecule has 31 heavy (non-hydrogen) atoms. The number of halogens is 3. The average molecular weight is 471 g/mol. The first-order valence-electron chi connectivity index (χ1n) is 9.46. The normalized spacial score (nSPS) is 23.1. The van der Waals surface area contributed by atoms with E-state index in [1.54, 1.807) is 32.9 Å². The van der Waals surface area contributed by atoms with Crippen molar-refractivity contribution in [3.63, 3.8) is 0 Å². The number of fused-ring (bicyclic) bond motifs is 3. The van der Waals surface area contributed by atoms with Crippen LogP contribution in [0, 0.1) is 0 Å². The fourth-order valence-corrected chi connectivity index (χ4v) is 6.40. The summed E-state index contributed by atoms with van der Waals surface area (Å²) in [6.45, 7) is 3.43. The van der Waals surface area contributed by atoms with Crippen LogP contribution in [0.3, 0.4) is 0 Å². The number of benzene rings is 2. The average Bonchev–Trinajstić information content (AvgIpc) is 3.01. The molecule has 0 radical (unpaired) electrons. The number of nitrogens with zero attached hydrogens (tertiary/aromatic N) is 1. The van der Waals surface area contributed by atoms with Crippen LogP contribution in [-0.4, -0.2) is 37.5 Å². The highest BCUT2D eigenvalue weighted by atomic mass is 32.2. The summed E-state index contributed by atoms with van der Waals surface area (Å²) < 4.78 is 68.7. The smallest absolute Gasteiger partial charge is 0.422 e. The molecule has 0 spiro atoms. The fourth-order valence-electron chi connectivity index (χ4n) is 3.64. The molecule has 1 aliphatic heterocycles. The molecule has 0 amide bonds. The van der Waals surface area contributed by atoms with Gasteiger partial charge in [-0.3, -0.25) is 4.99 Å². The number of hydrogen-bond acceptors (Lipinski definition) is 6. The lowest BCUT2D eigenvalue weighted by Crippen LogP contribution is -2.54. The predicted molar refractivity (Wildman–Crippen MR) is 118 cm³/mol. The second-order valence-electron chi connectivity index (χ2n) is 8.42. The molecule has 166 valence electrons. The van der Waals surface area contributed by atoms with Gasteiger partial charge in [-0.25, -0.2) is 8.42 Å². The van der Waals surface area contributed by atoms with Crippen molar-refractivity contribution >= 4 is 47.2 Å². The first-order valence-corrected chi connectivity index (χ1v) is 11.9. The molecule has 0 saturated carbocycles. The lowest BCUT2D eigenvalue weighted by atomic mass is 9.92. The van der Waals surface area contributed by atoms with Crippen molar-refractivity contribution in [3.8, 4) is 5.75 Å².